The number of nitrogens with zero attached hydrogens (tertiary/aromatic N) is 2. The number of H-pyrrole nitrogens is 1. The van der Waals surface area contributed by atoms with Crippen LogP contribution in [-0.2, 0) is 11.2 Å². The number of benzene rings is 2. The van der Waals surface area contributed by atoms with E-state index in [1.54, 1.807) is 12.1 Å². The molecule has 0 radical (unpaired) electrons. The van der Waals surface area contributed by atoms with Crippen LogP contribution >= 0.6 is 0 Å². The third-order valence-electron chi connectivity index (χ3n) is 6.52. The number of aromatic carboxylic acids is 1. The normalized spacial score (nSPS) is 17.2. The largest absolute Gasteiger partial charge is 0.478 e. The first kappa shape index (κ1) is 22.9. The maximum absolute atomic E-state index is 15.2. The molecule has 1 fully saturated rings. The van der Waals surface area contributed by atoms with Gasteiger partial charge in [0.05, 0.1) is 41.5 Å². The lowest BCUT2D eigenvalue weighted by Crippen LogP contribution is -2.27. The van der Waals surface area contributed by atoms with Gasteiger partial charge in [0.15, 0.2) is 0 Å². The summed E-state index contributed by atoms with van der Waals surface area (Å²) in [4.78, 5) is 30.4. The molecular weight excluding hydrogens is 456 g/mol. The van der Waals surface area contributed by atoms with Gasteiger partial charge in [0.2, 0.25) is 5.56 Å². The van der Waals surface area contributed by atoms with Crippen LogP contribution < -0.4 is 5.56 Å². The van der Waals surface area contributed by atoms with Crippen molar-refractivity contribution in [3.63, 3.8) is 0 Å². The van der Waals surface area contributed by atoms with E-state index in [1.165, 1.54) is 24.3 Å². The zero-order valence-corrected chi connectivity index (χ0v) is 19.1. The van der Waals surface area contributed by atoms with Crippen LogP contribution in [0, 0.1) is 17.0 Å². The Kier molecular flexibility index (Phi) is 5.52. The average Bonchev–Trinajstić information content (AvgIpc) is 3.33. The second-order valence-corrected chi connectivity index (χ2v) is 9.46. The molecular formula is C26H23F2N3O4. The molecule has 35 heavy (non-hydrogen) atoms. The fourth-order valence-electron chi connectivity index (χ4n) is 4.63. The predicted molar refractivity (Wildman–Crippen MR) is 126 cm³/mol. The highest BCUT2D eigenvalue weighted by molar-refractivity contribution is 5.92. The number of carbonyl (C=O) groups is 1. The van der Waals surface area contributed by atoms with E-state index in [0.29, 0.717) is 30.1 Å². The number of aromatic amines is 1. The number of carboxylic acid groups (broad SMARTS) is 1. The van der Waals surface area contributed by atoms with Crippen molar-refractivity contribution in [2.24, 2.45) is 5.41 Å². The van der Waals surface area contributed by atoms with Crippen LogP contribution in [0.25, 0.3) is 22.3 Å². The van der Waals surface area contributed by atoms with E-state index in [0.717, 1.165) is 12.1 Å². The van der Waals surface area contributed by atoms with Crippen molar-refractivity contribution in [2.75, 3.05) is 13.2 Å². The Morgan fingerprint density at radius 2 is 2.00 bits per heavy atom. The Labute approximate surface area is 199 Å². The van der Waals surface area contributed by atoms with Crippen LogP contribution in [0.3, 0.4) is 0 Å². The molecule has 0 spiro atoms. The fraction of sp³-hybridized carbons (Fsp3) is 0.269. The summed E-state index contributed by atoms with van der Waals surface area (Å²) in [6.45, 7) is 4.97. The van der Waals surface area contributed by atoms with Gasteiger partial charge >= 0.3 is 5.97 Å². The molecule has 5 rings (SSSR count). The first-order chi connectivity index (χ1) is 16.6. The highest BCUT2D eigenvalue weighted by atomic mass is 19.1. The van der Waals surface area contributed by atoms with Gasteiger partial charge in [0.1, 0.15) is 17.5 Å². The second-order valence-electron chi connectivity index (χ2n) is 9.46. The van der Waals surface area contributed by atoms with Gasteiger partial charge in [0.25, 0.3) is 0 Å². The number of aromatic nitrogens is 3. The fourth-order valence-corrected chi connectivity index (χ4v) is 4.63. The van der Waals surface area contributed by atoms with E-state index in [9.17, 15) is 14.7 Å². The smallest absolute Gasteiger partial charge is 0.335 e. The molecule has 1 unspecified atom stereocenters. The molecule has 1 aliphatic rings. The summed E-state index contributed by atoms with van der Waals surface area (Å²) in [6.07, 6.45) is -0.0159. The molecule has 3 heterocycles. The predicted octanol–water partition coefficient (Wildman–Crippen LogP) is 4.56. The van der Waals surface area contributed by atoms with Gasteiger partial charge in [-0.25, -0.2) is 18.6 Å². The van der Waals surface area contributed by atoms with Crippen molar-refractivity contribution >= 4 is 17.0 Å². The van der Waals surface area contributed by atoms with Gasteiger partial charge in [-0.3, -0.25) is 4.79 Å². The third-order valence-corrected chi connectivity index (χ3v) is 6.52. The van der Waals surface area contributed by atoms with E-state index >= 15 is 8.78 Å². The van der Waals surface area contributed by atoms with E-state index in [2.05, 4.69) is 9.97 Å². The number of carboxylic acids is 1. The Morgan fingerprint density at radius 1 is 1.20 bits per heavy atom. The van der Waals surface area contributed by atoms with Crippen molar-refractivity contribution in [2.45, 2.75) is 26.3 Å². The lowest BCUT2D eigenvalue weighted by molar-refractivity contribution is 0.0697. The summed E-state index contributed by atoms with van der Waals surface area (Å²) in [5, 5.41) is 9.48. The van der Waals surface area contributed by atoms with Gasteiger partial charge in [-0.05, 0) is 42.0 Å². The average molecular weight is 479 g/mol. The zero-order chi connectivity index (χ0) is 24.9. The topological polar surface area (TPSA) is 97.2 Å². The lowest BCUT2D eigenvalue weighted by atomic mass is 9.87. The van der Waals surface area contributed by atoms with Crippen molar-refractivity contribution < 1.29 is 23.4 Å². The molecule has 4 aromatic rings. The molecule has 1 atom stereocenters. The molecule has 1 saturated heterocycles. The number of nitrogens with one attached hydrogen (secondary N) is 1. The van der Waals surface area contributed by atoms with Crippen LogP contribution in [0.1, 0.15) is 41.6 Å². The Balaban J connectivity index is 1.62. The molecule has 2 aromatic heterocycles. The molecule has 2 aromatic carbocycles. The first-order valence-electron chi connectivity index (χ1n) is 11.1. The number of halogens is 2. The van der Waals surface area contributed by atoms with Crippen molar-refractivity contribution in [1.29, 1.82) is 0 Å². The number of ether oxygens (including phenoxy) is 1. The summed E-state index contributed by atoms with van der Waals surface area (Å²) in [6, 6.07) is 10.9. The minimum atomic E-state index is -1.06. The second kappa shape index (κ2) is 8.42. The van der Waals surface area contributed by atoms with Gasteiger partial charge < -0.3 is 19.4 Å². The minimum Gasteiger partial charge on any atom is -0.478 e. The quantitative estimate of drug-likeness (QED) is 0.438. The molecule has 1 aliphatic heterocycles. The number of imidazole rings is 1. The Bertz CT molecular complexity index is 1520. The number of pyridine rings is 1. The van der Waals surface area contributed by atoms with E-state index in [1.807, 2.05) is 18.4 Å². The zero-order valence-electron chi connectivity index (χ0n) is 19.1. The highest BCUT2D eigenvalue weighted by Crippen LogP contribution is 2.40. The molecule has 0 amide bonds. The highest BCUT2D eigenvalue weighted by Gasteiger charge is 2.39. The van der Waals surface area contributed by atoms with Gasteiger partial charge in [-0.1, -0.05) is 19.9 Å². The van der Waals surface area contributed by atoms with E-state index in [-0.39, 0.29) is 40.3 Å². The van der Waals surface area contributed by atoms with Gasteiger partial charge in [-0.2, -0.15) is 0 Å². The monoisotopic (exact) mass is 479 g/mol. The van der Waals surface area contributed by atoms with Crippen LogP contribution in [0.5, 0.6) is 0 Å². The number of hydrogen-bond acceptors (Lipinski definition) is 4. The first-order valence-corrected chi connectivity index (χ1v) is 11.1. The van der Waals surface area contributed by atoms with Crippen LogP contribution in [0.15, 0.2) is 53.3 Å². The summed E-state index contributed by atoms with van der Waals surface area (Å²) >= 11 is 0. The van der Waals surface area contributed by atoms with Crippen LogP contribution in [-0.4, -0.2) is 38.8 Å². The SMILES string of the molecule is CC1(C)COCC1n1c(Cc2cc(F)c(-c3cccc(=O)[nH]3)cc2F)nc2ccc(C(=O)O)cc21. The molecule has 180 valence electrons. The summed E-state index contributed by atoms with van der Waals surface area (Å²) < 4.78 is 37.8. The van der Waals surface area contributed by atoms with E-state index in [4.69, 9.17) is 4.74 Å². The Morgan fingerprint density at radius 3 is 2.69 bits per heavy atom. The minimum absolute atomic E-state index is 0.0159. The van der Waals surface area contributed by atoms with Crippen LogP contribution in [0.4, 0.5) is 8.78 Å². The van der Waals surface area contributed by atoms with E-state index < -0.39 is 23.2 Å². The van der Waals surface area contributed by atoms with Gasteiger partial charge in [-0.15, -0.1) is 0 Å². The molecule has 9 heteroatoms. The molecule has 0 aliphatic carbocycles. The molecule has 7 nitrogen and oxygen atoms in total. The third kappa shape index (κ3) is 4.12. The summed E-state index contributed by atoms with van der Waals surface area (Å²) in [5.74, 6) is -1.91. The van der Waals surface area contributed by atoms with Crippen LogP contribution in [0.2, 0.25) is 0 Å². The number of rotatable bonds is 5. The Hall–Kier alpha value is -3.85. The van der Waals surface area contributed by atoms with Gasteiger partial charge in [0, 0.05) is 23.5 Å². The molecule has 0 bridgehead atoms. The summed E-state index contributed by atoms with van der Waals surface area (Å²) in [7, 11) is 0. The maximum atomic E-state index is 15.2. The van der Waals surface area contributed by atoms with Crippen molar-refractivity contribution in [3.05, 3.63) is 87.5 Å². The molecule has 0 saturated carbocycles. The maximum Gasteiger partial charge on any atom is 0.335 e. The summed E-state index contributed by atoms with van der Waals surface area (Å²) in [5.41, 5.74) is 0.801. The number of fused-ring (bicyclic) bond motifs is 1. The van der Waals surface area contributed by atoms with Crippen molar-refractivity contribution in [1.82, 2.24) is 14.5 Å². The number of hydrogen-bond donors (Lipinski definition) is 2. The van der Waals surface area contributed by atoms with Crippen molar-refractivity contribution in [3.8, 4) is 11.3 Å². The molecule has 2 N–H and O–H groups in total. The lowest BCUT2D eigenvalue weighted by Gasteiger charge is -2.28. The standard InChI is InChI=1S/C26H23F2N3O4/c1-26(2)13-35-12-22(26)31-21-9-14(25(33)34)6-7-20(21)29-23(31)10-15-8-18(28)16(11-17(15)27)19-4-3-5-24(32)30-19/h3-9,11,22H,10,12-13H2,1-2H3,(H,30,32)(H,33,34).